The number of carbonyl (C=O) groups is 1. The summed E-state index contributed by atoms with van der Waals surface area (Å²) in [5.74, 6) is -1.29. The smallest absolute Gasteiger partial charge is 0.410 e. The molecule has 1 fully saturated rings. The minimum Gasteiger partial charge on any atom is -0.488 e. The zero-order valence-corrected chi connectivity index (χ0v) is 28.2. The first kappa shape index (κ1) is 33.9. The average molecular weight is 643 g/mol. The van der Waals surface area contributed by atoms with Crippen LogP contribution in [0, 0.1) is 11.6 Å². The lowest BCUT2D eigenvalue weighted by Crippen LogP contribution is -2.45. The summed E-state index contributed by atoms with van der Waals surface area (Å²) in [7, 11) is -2.10. The molecule has 244 valence electrons. The summed E-state index contributed by atoms with van der Waals surface area (Å²) in [4.78, 5) is 22.9. The van der Waals surface area contributed by atoms with Crippen LogP contribution in [0.1, 0.15) is 48.0 Å². The molecule has 10 nitrogen and oxygen atoms in total. The van der Waals surface area contributed by atoms with E-state index in [0.717, 1.165) is 6.20 Å². The molecule has 2 heterocycles. The molecule has 0 spiro atoms. The zero-order chi connectivity index (χ0) is 33.2. The van der Waals surface area contributed by atoms with E-state index in [1.165, 1.54) is 12.1 Å². The van der Waals surface area contributed by atoms with Crippen LogP contribution >= 0.6 is 0 Å². The third-order valence-corrected chi connectivity index (χ3v) is 12.3. The van der Waals surface area contributed by atoms with Crippen LogP contribution < -0.4 is 21.1 Å². The number of hydrogen-bond donors (Lipinski definition) is 3. The number of amides is 1. The van der Waals surface area contributed by atoms with Crippen LogP contribution in [0.4, 0.5) is 42.4 Å². The molecule has 1 unspecified atom stereocenters. The number of nitrogens with one attached hydrogen (secondary N) is 2. The summed E-state index contributed by atoms with van der Waals surface area (Å²) >= 11 is 0. The summed E-state index contributed by atoms with van der Waals surface area (Å²) in [5, 5.41) is 5.76. The number of ether oxygens (including phenoxy) is 2. The summed E-state index contributed by atoms with van der Waals surface area (Å²) in [6, 6.07) is 10.7. The van der Waals surface area contributed by atoms with Crippen molar-refractivity contribution >= 4 is 43.2 Å². The third kappa shape index (κ3) is 9.04. The fraction of sp³-hybridized carbons (Fsp3) is 0.469. The van der Waals surface area contributed by atoms with Crippen LogP contribution in [0.15, 0.2) is 48.7 Å². The predicted molar refractivity (Wildman–Crippen MR) is 175 cm³/mol. The molecule has 0 saturated carbocycles. The molecule has 1 aromatic heterocycles. The number of benzene rings is 2. The summed E-state index contributed by atoms with van der Waals surface area (Å²) < 4.78 is 47.7. The maximum atomic E-state index is 15.2. The SMILES string of the molecule is CC(C)(C)OC(=O)N1CC(O[Si](C)(C)C(C)(C)C)C[C@H]1COc1ccc(Nc2ncc(F)c(Nc3cccc(N)c3)n2)cc1F. The second-order valence-corrected chi connectivity index (χ2v) is 18.5. The summed E-state index contributed by atoms with van der Waals surface area (Å²) in [5.41, 5.74) is 6.52. The van der Waals surface area contributed by atoms with Gasteiger partial charge < -0.3 is 30.3 Å². The first-order valence-electron chi connectivity index (χ1n) is 14.9. The number of nitrogens with two attached hydrogens (primary N) is 1. The van der Waals surface area contributed by atoms with E-state index in [9.17, 15) is 9.18 Å². The van der Waals surface area contributed by atoms with Gasteiger partial charge in [-0.15, -0.1) is 0 Å². The van der Waals surface area contributed by atoms with Crippen molar-refractivity contribution in [3.05, 3.63) is 60.3 Å². The Morgan fingerprint density at radius 2 is 1.76 bits per heavy atom. The van der Waals surface area contributed by atoms with Gasteiger partial charge in [0, 0.05) is 29.7 Å². The van der Waals surface area contributed by atoms with E-state index < -0.39 is 31.6 Å². The van der Waals surface area contributed by atoms with Crippen LogP contribution in [-0.4, -0.2) is 60.2 Å². The quantitative estimate of drug-likeness (QED) is 0.160. The lowest BCUT2D eigenvalue weighted by atomic mass is 10.2. The zero-order valence-electron chi connectivity index (χ0n) is 27.2. The van der Waals surface area contributed by atoms with Gasteiger partial charge in [-0.3, -0.25) is 4.90 Å². The van der Waals surface area contributed by atoms with Gasteiger partial charge in [-0.05, 0) is 75.7 Å². The molecule has 1 saturated heterocycles. The number of hydrogen-bond acceptors (Lipinski definition) is 9. The van der Waals surface area contributed by atoms with Crippen LogP contribution in [0.3, 0.4) is 0 Å². The second-order valence-electron chi connectivity index (χ2n) is 13.7. The number of rotatable bonds is 9. The number of carbonyl (C=O) groups excluding carboxylic acids is 1. The van der Waals surface area contributed by atoms with E-state index in [1.807, 2.05) is 20.8 Å². The van der Waals surface area contributed by atoms with E-state index >= 15 is 4.39 Å². The van der Waals surface area contributed by atoms with Crippen molar-refractivity contribution < 1.29 is 27.5 Å². The van der Waals surface area contributed by atoms with E-state index in [0.29, 0.717) is 30.0 Å². The van der Waals surface area contributed by atoms with Gasteiger partial charge in [0.05, 0.1) is 18.3 Å². The lowest BCUT2D eigenvalue weighted by molar-refractivity contribution is 0.0173. The number of aromatic nitrogens is 2. The highest BCUT2D eigenvalue weighted by Gasteiger charge is 2.44. The first-order valence-corrected chi connectivity index (χ1v) is 17.8. The fourth-order valence-electron chi connectivity index (χ4n) is 4.53. The first-order chi connectivity index (χ1) is 20.9. The Kier molecular flexibility index (Phi) is 9.93. The van der Waals surface area contributed by atoms with Crippen LogP contribution in [-0.2, 0) is 9.16 Å². The van der Waals surface area contributed by atoms with E-state index in [1.54, 1.807) is 35.2 Å². The van der Waals surface area contributed by atoms with Crippen molar-refractivity contribution in [2.45, 2.75) is 83.8 Å². The average Bonchev–Trinajstić information content (AvgIpc) is 3.30. The molecule has 13 heteroatoms. The number of nitrogens with zero attached hydrogens (tertiary/aromatic N) is 3. The molecule has 3 aromatic rings. The highest BCUT2D eigenvalue weighted by Crippen LogP contribution is 2.39. The Bertz CT molecular complexity index is 1510. The number of halogens is 2. The molecule has 45 heavy (non-hydrogen) atoms. The number of nitrogen functional groups attached to an aromatic ring is 1. The van der Waals surface area contributed by atoms with E-state index in [4.69, 9.17) is 19.6 Å². The number of anilines is 5. The van der Waals surface area contributed by atoms with Gasteiger partial charge in [-0.25, -0.2) is 18.6 Å². The van der Waals surface area contributed by atoms with Gasteiger partial charge in [-0.2, -0.15) is 4.98 Å². The Labute approximate surface area is 264 Å². The Hall–Kier alpha value is -3.97. The van der Waals surface area contributed by atoms with Crippen LogP contribution in [0.25, 0.3) is 0 Å². The Morgan fingerprint density at radius 3 is 2.40 bits per heavy atom. The molecule has 0 aliphatic carbocycles. The van der Waals surface area contributed by atoms with Crippen LogP contribution in [0.5, 0.6) is 5.75 Å². The van der Waals surface area contributed by atoms with Gasteiger partial charge in [-0.1, -0.05) is 26.8 Å². The van der Waals surface area contributed by atoms with Gasteiger partial charge >= 0.3 is 6.09 Å². The maximum Gasteiger partial charge on any atom is 0.410 e. The standard InChI is InChI=1S/C32H44F2N6O4Si/c1-31(2,3)43-30(41)40-18-24(44-45(7,8)32(4,5)6)16-23(40)19-42-27-13-12-22(15-25(27)33)38-29-36-17-26(34)28(39-29)37-21-11-9-10-20(35)14-21/h9-15,17,23-24H,16,18-19,35H2,1-8H3,(H2,36,37,38,39)/t23-,24?/m0/s1. The normalized spacial score (nSPS) is 17.2. The van der Waals surface area contributed by atoms with Crippen molar-refractivity contribution in [3.63, 3.8) is 0 Å². The Morgan fingerprint density at radius 1 is 1.04 bits per heavy atom. The van der Waals surface area contributed by atoms with Crippen molar-refractivity contribution in [3.8, 4) is 5.75 Å². The minimum atomic E-state index is -2.10. The third-order valence-electron chi connectivity index (χ3n) is 7.78. The molecular weight excluding hydrogens is 598 g/mol. The monoisotopic (exact) mass is 642 g/mol. The molecule has 0 bridgehead atoms. The topological polar surface area (TPSA) is 124 Å². The Balaban J connectivity index is 1.43. The van der Waals surface area contributed by atoms with Crippen molar-refractivity contribution in [1.29, 1.82) is 0 Å². The molecule has 2 aromatic carbocycles. The lowest BCUT2D eigenvalue weighted by Gasteiger charge is -2.38. The van der Waals surface area contributed by atoms with Crippen LogP contribution in [0.2, 0.25) is 18.1 Å². The maximum absolute atomic E-state index is 15.2. The predicted octanol–water partition coefficient (Wildman–Crippen LogP) is 7.60. The molecule has 0 radical (unpaired) electrons. The molecule has 4 rings (SSSR count). The second kappa shape index (κ2) is 13.2. The summed E-state index contributed by atoms with van der Waals surface area (Å²) in [6.07, 6.45) is 0.915. The molecule has 2 atom stereocenters. The number of likely N-dealkylation sites (tertiary alicyclic amines) is 1. The summed E-state index contributed by atoms with van der Waals surface area (Å²) in [6.45, 7) is 16.7. The molecule has 1 aliphatic rings. The minimum absolute atomic E-state index is 0.00469. The van der Waals surface area contributed by atoms with Crippen molar-refractivity contribution in [2.75, 3.05) is 29.5 Å². The van der Waals surface area contributed by atoms with Gasteiger partial charge in [0.1, 0.15) is 12.2 Å². The van der Waals surface area contributed by atoms with Gasteiger partial charge in [0.25, 0.3) is 0 Å². The van der Waals surface area contributed by atoms with Crippen molar-refractivity contribution in [2.24, 2.45) is 0 Å². The highest BCUT2D eigenvalue weighted by atomic mass is 28.4. The van der Waals surface area contributed by atoms with Crippen molar-refractivity contribution in [1.82, 2.24) is 14.9 Å². The largest absolute Gasteiger partial charge is 0.488 e. The van der Waals surface area contributed by atoms with Gasteiger partial charge in [0.15, 0.2) is 31.5 Å². The van der Waals surface area contributed by atoms with Gasteiger partial charge in [0.2, 0.25) is 5.95 Å². The molecule has 1 aliphatic heterocycles. The molecule has 1 amide bonds. The fourth-order valence-corrected chi connectivity index (χ4v) is 5.89. The molecular formula is C32H44F2N6O4Si. The van der Waals surface area contributed by atoms with E-state index in [2.05, 4.69) is 54.5 Å². The van der Waals surface area contributed by atoms with E-state index in [-0.39, 0.29) is 41.3 Å². The highest BCUT2D eigenvalue weighted by molar-refractivity contribution is 6.74. The molecule has 4 N–H and O–H groups in total.